The van der Waals surface area contributed by atoms with E-state index in [2.05, 4.69) is 35.6 Å². The predicted molar refractivity (Wildman–Crippen MR) is 107 cm³/mol. The molecule has 2 aliphatic rings. The van der Waals surface area contributed by atoms with Gasteiger partial charge in [0.1, 0.15) is 0 Å². The zero-order valence-corrected chi connectivity index (χ0v) is 15.3. The summed E-state index contributed by atoms with van der Waals surface area (Å²) in [4.78, 5) is 11.5. The first-order valence-electron chi connectivity index (χ1n) is 9.09. The van der Waals surface area contributed by atoms with Crippen LogP contribution in [0.5, 0.6) is 0 Å². The fraction of sp³-hybridized carbons (Fsp3) is 0.174. The summed E-state index contributed by atoms with van der Waals surface area (Å²) in [6.07, 6.45) is 0.960. The first-order chi connectivity index (χ1) is 13.1. The Morgan fingerprint density at radius 1 is 1.00 bits per heavy atom. The van der Waals surface area contributed by atoms with Gasteiger partial charge in [-0.25, -0.2) is 4.79 Å². The van der Waals surface area contributed by atoms with Crippen molar-refractivity contribution in [2.75, 3.05) is 5.32 Å². The molecule has 3 aromatic rings. The molecule has 0 bridgehead atoms. The average molecular weight is 376 g/mol. The van der Waals surface area contributed by atoms with E-state index in [0.29, 0.717) is 11.5 Å². The summed E-state index contributed by atoms with van der Waals surface area (Å²) in [6.45, 7) is 0. The number of carboxylic acid groups (broad SMARTS) is 1. The van der Waals surface area contributed by atoms with E-state index in [0.717, 1.165) is 22.7 Å². The second kappa shape index (κ2) is 6.14. The van der Waals surface area contributed by atoms with Gasteiger partial charge in [0.25, 0.3) is 0 Å². The van der Waals surface area contributed by atoms with E-state index >= 15 is 0 Å². The van der Waals surface area contributed by atoms with Crippen molar-refractivity contribution >= 4 is 23.3 Å². The van der Waals surface area contributed by atoms with Gasteiger partial charge in [-0.15, -0.1) is 0 Å². The number of halogens is 1. The van der Waals surface area contributed by atoms with Gasteiger partial charge >= 0.3 is 5.97 Å². The molecule has 3 nitrogen and oxygen atoms in total. The van der Waals surface area contributed by atoms with Crippen LogP contribution in [0, 0.1) is 5.92 Å². The molecule has 0 fully saturated rings. The number of nitrogens with one attached hydrogen (secondary N) is 1. The Labute approximate surface area is 162 Å². The van der Waals surface area contributed by atoms with E-state index in [4.69, 9.17) is 11.6 Å². The number of hydrogen-bond acceptors (Lipinski definition) is 2. The third-order valence-electron chi connectivity index (χ3n) is 5.85. The van der Waals surface area contributed by atoms with Crippen molar-refractivity contribution in [3.8, 4) is 0 Å². The maximum Gasteiger partial charge on any atom is 0.335 e. The van der Waals surface area contributed by atoms with Crippen LogP contribution < -0.4 is 5.32 Å². The number of carbonyl (C=O) groups is 1. The van der Waals surface area contributed by atoms with Crippen LogP contribution in [0.2, 0.25) is 5.02 Å². The summed E-state index contributed by atoms with van der Waals surface area (Å²) in [5.74, 6) is -0.393. The molecule has 5 rings (SSSR count). The van der Waals surface area contributed by atoms with Crippen LogP contribution in [-0.2, 0) is 6.42 Å². The van der Waals surface area contributed by atoms with Crippen LogP contribution >= 0.6 is 11.6 Å². The van der Waals surface area contributed by atoms with Crippen LogP contribution in [0.15, 0.2) is 66.7 Å². The van der Waals surface area contributed by atoms with E-state index in [9.17, 15) is 9.90 Å². The highest BCUT2D eigenvalue weighted by Gasteiger charge is 2.43. The summed E-state index contributed by atoms with van der Waals surface area (Å²) in [5.41, 5.74) is 6.22. The van der Waals surface area contributed by atoms with E-state index in [1.54, 1.807) is 6.07 Å². The molecule has 0 amide bonds. The molecule has 27 heavy (non-hydrogen) atoms. The molecule has 0 spiro atoms. The average Bonchev–Trinajstić information content (AvgIpc) is 3.06. The molecule has 2 N–H and O–H groups in total. The highest BCUT2D eigenvalue weighted by molar-refractivity contribution is 6.30. The molecule has 1 aliphatic heterocycles. The molecule has 134 valence electrons. The van der Waals surface area contributed by atoms with Crippen molar-refractivity contribution in [1.29, 1.82) is 0 Å². The van der Waals surface area contributed by atoms with Crippen molar-refractivity contribution in [2.24, 2.45) is 5.92 Å². The lowest BCUT2D eigenvalue weighted by molar-refractivity contribution is 0.0696. The monoisotopic (exact) mass is 375 g/mol. The summed E-state index contributed by atoms with van der Waals surface area (Å²) in [7, 11) is 0. The van der Waals surface area contributed by atoms with E-state index in [1.165, 1.54) is 16.7 Å². The summed E-state index contributed by atoms with van der Waals surface area (Å²) < 4.78 is 0. The molecule has 1 aliphatic carbocycles. The minimum atomic E-state index is -0.891. The lowest BCUT2D eigenvalue weighted by Gasteiger charge is -2.38. The van der Waals surface area contributed by atoms with E-state index < -0.39 is 5.97 Å². The molecular weight excluding hydrogens is 358 g/mol. The predicted octanol–water partition coefficient (Wildman–Crippen LogP) is 5.51. The number of rotatable bonds is 2. The standard InChI is InChI=1S/C23H18ClNO2/c24-16-6-3-5-14(10-16)22-19-11-13-4-1-2-7-17(13)21(19)18-12-15(23(26)27)8-9-20(18)25-22/h1-10,12,19,21-22,25H,11H2,(H,26,27)/t19-,21-,22+/m0/s1. The number of carboxylic acids is 1. The SMILES string of the molecule is O=C(O)c1ccc2c(c1)[C@@H]1c3ccccc3C[C@@H]1[C@@H](c1cccc(Cl)c1)N2. The van der Waals surface area contributed by atoms with Gasteiger partial charge in [0.15, 0.2) is 0 Å². The molecular formula is C23H18ClNO2. The van der Waals surface area contributed by atoms with Crippen molar-refractivity contribution in [2.45, 2.75) is 18.4 Å². The van der Waals surface area contributed by atoms with Crippen molar-refractivity contribution in [3.63, 3.8) is 0 Å². The highest BCUT2D eigenvalue weighted by Crippen LogP contribution is 2.54. The Morgan fingerprint density at radius 2 is 1.85 bits per heavy atom. The van der Waals surface area contributed by atoms with Crippen LogP contribution in [0.1, 0.15) is 44.6 Å². The largest absolute Gasteiger partial charge is 0.478 e. The fourth-order valence-electron chi connectivity index (χ4n) is 4.72. The topological polar surface area (TPSA) is 49.3 Å². The number of hydrogen-bond donors (Lipinski definition) is 2. The first kappa shape index (κ1) is 16.4. The quantitative estimate of drug-likeness (QED) is 0.621. The third-order valence-corrected chi connectivity index (χ3v) is 6.09. The number of fused-ring (bicyclic) bond motifs is 5. The highest BCUT2D eigenvalue weighted by atomic mass is 35.5. The van der Waals surface area contributed by atoms with Crippen molar-refractivity contribution < 1.29 is 9.90 Å². The Balaban J connectivity index is 1.69. The lowest BCUT2D eigenvalue weighted by atomic mass is 9.75. The Morgan fingerprint density at radius 3 is 2.67 bits per heavy atom. The van der Waals surface area contributed by atoms with Crippen molar-refractivity contribution in [3.05, 3.63) is 99.6 Å². The molecule has 0 aromatic heterocycles. The fourth-order valence-corrected chi connectivity index (χ4v) is 4.92. The summed E-state index contributed by atoms with van der Waals surface area (Å²) in [6, 6.07) is 22.0. The van der Waals surface area contributed by atoms with Gasteiger partial charge in [0, 0.05) is 16.6 Å². The molecule has 1 heterocycles. The van der Waals surface area contributed by atoms with E-state index in [1.807, 2.05) is 30.3 Å². The molecule has 0 radical (unpaired) electrons. The molecule has 0 saturated carbocycles. The number of benzene rings is 3. The maximum absolute atomic E-state index is 11.5. The molecule has 3 atom stereocenters. The maximum atomic E-state index is 11.5. The van der Waals surface area contributed by atoms with Gasteiger partial charge in [-0.1, -0.05) is 48.0 Å². The zero-order valence-electron chi connectivity index (χ0n) is 14.5. The number of anilines is 1. The van der Waals surface area contributed by atoms with Crippen molar-refractivity contribution in [1.82, 2.24) is 0 Å². The second-order valence-corrected chi connectivity index (χ2v) is 7.77. The molecule has 0 saturated heterocycles. The number of aromatic carboxylic acids is 1. The normalized spacial score (nSPS) is 22.3. The van der Waals surface area contributed by atoms with Gasteiger partial charge in [0.05, 0.1) is 11.6 Å². The molecule has 0 unspecified atom stereocenters. The minimum Gasteiger partial charge on any atom is -0.478 e. The minimum absolute atomic E-state index is 0.129. The first-order valence-corrected chi connectivity index (χ1v) is 9.46. The van der Waals surface area contributed by atoms with Crippen LogP contribution in [-0.4, -0.2) is 11.1 Å². The van der Waals surface area contributed by atoms with Crippen LogP contribution in [0.4, 0.5) is 5.69 Å². The third kappa shape index (κ3) is 2.62. The van der Waals surface area contributed by atoms with Gasteiger partial charge in [-0.05, 0) is 64.9 Å². The molecule has 4 heteroatoms. The van der Waals surface area contributed by atoms with E-state index in [-0.39, 0.29) is 12.0 Å². The Kier molecular flexibility index (Phi) is 3.73. The summed E-state index contributed by atoms with van der Waals surface area (Å²) >= 11 is 6.26. The lowest BCUT2D eigenvalue weighted by Crippen LogP contribution is -2.30. The Hall–Kier alpha value is -2.78. The van der Waals surface area contributed by atoms with Gasteiger partial charge in [-0.3, -0.25) is 0 Å². The second-order valence-electron chi connectivity index (χ2n) is 7.33. The van der Waals surface area contributed by atoms with Crippen LogP contribution in [0.3, 0.4) is 0 Å². The van der Waals surface area contributed by atoms with Gasteiger partial charge in [-0.2, -0.15) is 0 Å². The smallest absolute Gasteiger partial charge is 0.335 e. The summed E-state index contributed by atoms with van der Waals surface area (Å²) in [5, 5.41) is 13.8. The molecule has 3 aromatic carbocycles. The van der Waals surface area contributed by atoms with Crippen LogP contribution in [0.25, 0.3) is 0 Å². The zero-order chi connectivity index (χ0) is 18.5. The van der Waals surface area contributed by atoms with Gasteiger partial charge in [0.2, 0.25) is 0 Å². The Bertz CT molecular complexity index is 1060. The van der Waals surface area contributed by atoms with Gasteiger partial charge < -0.3 is 10.4 Å².